The van der Waals surface area contributed by atoms with Crippen LogP contribution < -0.4 is 29.8 Å². The van der Waals surface area contributed by atoms with Crippen molar-refractivity contribution < 1.29 is 23.7 Å². The zero-order valence-electron chi connectivity index (χ0n) is 20.9. The summed E-state index contributed by atoms with van der Waals surface area (Å²) in [4.78, 5) is 27.5. The molecule has 4 rings (SSSR count). The molecular weight excluding hydrogens is 448 g/mol. The molecule has 0 unspecified atom stereocenters. The molecule has 2 heterocycles. The summed E-state index contributed by atoms with van der Waals surface area (Å²) in [7, 11) is 6.18. The molecule has 1 aliphatic heterocycles. The van der Waals surface area contributed by atoms with Crippen molar-refractivity contribution in [3.05, 3.63) is 45.7 Å². The first-order valence-electron chi connectivity index (χ1n) is 11.9. The van der Waals surface area contributed by atoms with Crippen molar-refractivity contribution in [1.82, 2.24) is 9.88 Å². The molecule has 1 N–H and O–H groups in total. The van der Waals surface area contributed by atoms with Gasteiger partial charge in [0, 0.05) is 24.0 Å². The highest BCUT2D eigenvalue weighted by molar-refractivity contribution is 6.13. The Morgan fingerprint density at radius 2 is 1.69 bits per heavy atom. The molecule has 0 fully saturated rings. The summed E-state index contributed by atoms with van der Waals surface area (Å²) in [5.74, 6) is 1.68. The minimum atomic E-state index is -0.232. The van der Waals surface area contributed by atoms with Gasteiger partial charge in [0.1, 0.15) is 0 Å². The van der Waals surface area contributed by atoms with Crippen molar-refractivity contribution in [2.45, 2.75) is 39.2 Å². The topological polar surface area (TPSA) is 88.0 Å². The van der Waals surface area contributed by atoms with Gasteiger partial charge < -0.3 is 28.8 Å². The van der Waals surface area contributed by atoms with Crippen molar-refractivity contribution in [1.29, 1.82) is 0 Å². The monoisotopic (exact) mass is 480 g/mol. The number of ether oxygens (including phenoxy) is 4. The molecule has 3 aromatic rings. The van der Waals surface area contributed by atoms with Crippen LogP contribution in [-0.4, -0.2) is 45.5 Å². The van der Waals surface area contributed by atoms with Crippen molar-refractivity contribution in [2.75, 3.05) is 35.0 Å². The molecule has 35 heavy (non-hydrogen) atoms. The van der Waals surface area contributed by atoms with E-state index in [1.807, 2.05) is 12.1 Å². The van der Waals surface area contributed by atoms with E-state index in [4.69, 9.17) is 18.9 Å². The Balaban J connectivity index is 2.05. The van der Waals surface area contributed by atoms with Crippen LogP contribution in [-0.2, 0) is 13.0 Å². The number of benzene rings is 2. The van der Waals surface area contributed by atoms with Gasteiger partial charge >= 0.3 is 0 Å². The van der Waals surface area contributed by atoms with E-state index in [0.717, 1.165) is 30.4 Å². The number of methoxy groups -OCH3 is 4. The number of fused-ring (bicyclic) bond motifs is 4. The van der Waals surface area contributed by atoms with E-state index in [1.165, 1.54) is 14.2 Å². The number of carbonyl (C=O) groups is 1. The second kappa shape index (κ2) is 10.3. The molecular formula is C27H32N2O6. The molecule has 0 saturated heterocycles. The quantitative estimate of drug-likeness (QED) is 0.463. The van der Waals surface area contributed by atoms with E-state index in [2.05, 4.69) is 12.2 Å². The fourth-order valence-corrected chi connectivity index (χ4v) is 4.82. The van der Waals surface area contributed by atoms with Crippen LogP contribution in [0.3, 0.4) is 0 Å². The molecule has 0 aliphatic carbocycles. The van der Waals surface area contributed by atoms with Crippen LogP contribution in [0.2, 0.25) is 0 Å². The van der Waals surface area contributed by atoms with Crippen LogP contribution in [0.5, 0.6) is 23.0 Å². The second-order valence-corrected chi connectivity index (χ2v) is 8.48. The Labute approximate surface area is 204 Å². The van der Waals surface area contributed by atoms with Gasteiger partial charge in [-0.15, -0.1) is 0 Å². The van der Waals surface area contributed by atoms with Crippen LogP contribution in [0.4, 0.5) is 0 Å². The van der Waals surface area contributed by atoms with E-state index in [9.17, 15) is 9.59 Å². The number of nitrogens with zero attached hydrogens (tertiary/aromatic N) is 1. The van der Waals surface area contributed by atoms with Crippen LogP contribution >= 0.6 is 0 Å². The third-order valence-electron chi connectivity index (χ3n) is 6.54. The molecule has 0 radical (unpaired) electrons. The summed E-state index contributed by atoms with van der Waals surface area (Å²) in [6.07, 6.45) is 3.57. The first kappa shape index (κ1) is 24.4. The van der Waals surface area contributed by atoms with Crippen LogP contribution in [0.25, 0.3) is 22.0 Å². The van der Waals surface area contributed by atoms with Crippen LogP contribution in [0.1, 0.15) is 42.1 Å². The van der Waals surface area contributed by atoms with Gasteiger partial charge in [-0.1, -0.05) is 19.8 Å². The van der Waals surface area contributed by atoms with E-state index in [-0.39, 0.29) is 11.5 Å². The maximum Gasteiger partial charge on any atom is 0.262 e. The molecule has 8 nitrogen and oxygen atoms in total. The normalized spacial score (nSPS) is 12.0. The lowest BCUT2D eigenvalue weighted by molar-refractivity contribution is 0.0954. The smallest absolute Gasteiger partial charge is 0.262 e. The molecule has 0 saturated carbocycles. The lowest BCUT2D eigenvalue weighted by Gasteiger charge is -2.27. The van der Waals surface area contributed by atoms with E-state index in [1.54, 1.807) is 30.9 Å². The maximum atomic E-state index is 13.8. The molecule has 1 amide bonds. The summed E-state index contributed by atoms with van der Waals surface area (Å²) in [5, 5.41) is 3.92. The van der Waals surface area contributed by atoms with Gasteiger partial charge in [-0.25, -0.2) is 0 Å². The van der Waals surface area contributed by atoms with Gasteiger partial charge in [0.25, 0.3) is 11.5 Å². The molecule has 0 spiro atoms. The average Bonchev–Trinajstić information content (AvgIpc) is 2.89. The number of hydrogen-bond donors (Lipinski definition) is 1. The molecule has 186 valence electrons. The van der Waals surface area contributed by atoms with Gasteiger partial charge in [-0.2, -0.15) is 0 Å². The Hall–Kier alpha value is -3.68. The molecule has 2 aromatic carbocycles. The third-order valence-corrected chi connectivity index (χ3v) is 6.54. The number of rotatable bonds is 9. The standard InChI is InChI=1S/C27H32N2O6/c1-6-7-8-12-28-26(30)22-17-9-10-19(32-2)25(35-5)23(17)27(31)29-13-11-16-14-20(33-3)21(34-4)15-18(16)24(22)29/h9-10,14-15H,6-8,11-13H2,1-5H3,(H,28,30). The van der Waals surface area contributed by atoms with E-state index < -0.39 is 0 Å². The largest absolute Gasteiger partial charge is 0.493 e. The SMILES string of the molecule is CCCCCNC(=O)c1c2n(c(=O)c3c(OC)c(OC)ccc13)CCc1cc(OC)c(OC)cc1-2. The Kier molecular flexibility index (Phi) is 7.19. The number of nitrogens with one attached hydrogen (secondary N) is 1. The third kappa shape index (κ3) is 4.17. The number of hydrogen-bond acceptors (Lipinski definition) is 6. The fourth-order valence-electron chi connectivity index (χ4n) is 4.82. The predicted octanol–water partition coefficient (Wildman–Crippen LogP) is 4.18. The summed E-state index contributed by atoms with van der Waals surface area (Å²) in [6.45, 7) is 3.09. The molecule has 0 atom stereocenters. The lowest BCUT2D eigenvalue weighted by atomic mass is 9.90. The summed E-state index contributed by atoms with van der Waals surface area (Å²) in [6, 6.07) is 7.25. The van der Waals surface area contributed by atoms with Gasteiger partial charge in [-0.05, 0) is 42.7 Å². The number of amides is 1. The number of pyridine rings is 1. The highest BCUT2D eigenvalue weighted by Crippen LogP contribution is 2.43. The molecule has 8 heteroatoms. The number of aromatic nitrogens is 1. The fraction of sp³-hybridized carbons (Fsp3) is 0.407. The van der Waals surface area contributed by atoms with Crippen molar-refractivity contribution in [2.24, 2.45) is 0 Å². The summed E-state index contributed by atoms with van der Waals surface area (Å²) in [5.41, 5.74) is 2.55. The van der Waals surface area contributed by atoms with Crippen molar-refractivity contribution in [3.63, 3.8) is 0 Å². The highest BCUT2D eigenvalue weighted by Gasteiger charge is 2.30. The van der Waals surface area contributed by atoms with Gasteiger partial charge in [0.2, 0.25) is 0 Å². The van der Waals surface area contributed by atoms with Gasteiger partial charge in [-0.3, -0.25) is 9.59 Å². The maximum absolute atomic E-state index is 13.8. The zero-order chi connectivity index (χ0) is 25.1. The van der Waals surface area contributed by atoms with Gasteiger partial charge in [0.15, 0.2) is 23.0 Å². The second-order valence-electron chi connectivity index (χ2n) is 8.48. The van der Waals surface area contributed by atoms with Crippen LogP contribution in [0, 0.1) is 0 Å². The minimum Gasteiger partial charge on any atom is -0.493 e. The predicted molar refractivity (Wildman–Crippen MR) is 135 cm³/mol. The molecule has 1 aromatic heterocycles. The average molecular weight is 481 g/mol. The first-order valence-corrected chi connectivity index (χ1v) is 11.9. The number of carbonyl (C=O) groups excluding carboxylic acids is 1. The van der Waals surface area contributed by atoms with E-state index in [0.29, 0.717) is 64.5 Å². The van der Waals surface area contributed by atoms with Crippen LogP contribution in [0.15, 0.2) is 29.1 Å². The van der Waals surface area contributed by atoms with Crippen molar-refractivity contribution >= 4 is 16.7 Å². The lowest BCUT2D eigenvalue weighted by Crippen LogP contribution is -2.33. The Morgan fingerprint density at radius 3 is 2.34 bits per heavy atom. The van der Waals surface area contributed by atoms with Crippen molar-refractivity contribution in [3.8, 4) is 34.3 Å². The zero-order valence-corrected chi connectivity index (χ0v) is 20.9. The minimum absolute atomic E-state index is 0.228. The Morgan fingerprint density at radius 1 is 0.971 bits per heavy atom. The Bertz CT molecular complexity index is 1330. The molecule has 1 aliphatic rings. The van der Waals surface area contributed by atoms with Gasteiger partial charge in [0.05, 0.1) is 45.1 Å². The number of aryl methyl sites for hydroxylation is 1. The highest BCUT2D eigenvalue weighted by atomic mass is 16.5. The summed E-state index contributed by atoms with van der Waals surface area (Å²) >= 11 is 0. The number of unbranched alkanes of at least 4 members (excludes halogenated alkanes) is 2. The molecule has 0 bridgehead atoms. The van der Waals surface area contributed by atoms with E-state index >= 15 is 0 Å². The first-order chi connectivity index (χ1) is 17.0. The summed E-state index contributed by atoms with van der Waals surface area (Å²) < 4.78 is 23.7.